The van der Waals surface area contributed by atoms with Crippen molar-refractivity contribution in [2.24, 2.45) is 0 Å². The van der Waals surface area contributed by atoms with Crippen molar-refractivity contribution in [2.45, 2.75) is 26.7 Å². The molecule has 0 aromatic heterocycles. The van der Waals surface area contributed by atoms with Crippen LogP contribution in [0.2, 0.25) is 0 Å². The molecule has 0 N–H and O–H groups in total. The second kappa shape index (κ2) is 5.59. The van der Waals surface area contributed by atoms with E-state index < -0.39 is 0 Å². The molecule has 0 radical (unpaired) electrons. The first kappa shape index (κ1) is 11.8. The molecule has 0 saturated carbocycles. The average Bonchev–Trinajstić information content (AvgIpc) is 2.28. The summed E-state index contributed by atoms with van der Waals surface area (Å²) in [6.07, 6.45) is 2.25. The summed E-state index contributed by atoms with van der Waals surface area (Å²) >= 11 is 0. The third-order valence-electron chi connectivity index (χ3n) is 2.72. The summed E-state index contributed by atoms with van der Waals surface area (Å²) in [6.45, 7) is 9.55. The first-order valence-electron chi connectivity index (χ1n) is 5.68. The van der Waals surface area contributed by atoms with Gasteiger partial charge in [0.1, 0.15) is 0 Å². The Labute approximate surface area is 93.4 Å². The molecule has 0 atom stereocenters. The lowest BCUT2D eigenvalue weighted by molar-refractivity contribution is 0.478. The number of nitrogens with zero attached hydrogens (tertiary/aromatic N) is 1. The minimum atomic E-state index is 1.06. The summed E-state index contributed by atoms with van der Waals surface area (Å²) in [6, 6.07) is 8.68. The van der Waals surface area contributed by atoms with E-state index in [0.29, 0.717) is 0 Å². The second-order valence-corrected chi connectivity index (χ2v) is 3.92. The topological polar surface area (TPSA) is 3.24 Å². The van der Waals surface area contributed by atoms with E-state index >= 15 is 0 Å². The van der Waals surface area contributed by atoms with Gasteiger partial charge in [-0.3, -0.25) is 0 Å². The van der Waals surface area contributed by atoms with E-state index in [9.17, 15) is 0 Å². The molecule has 0 spiro atoms. The summed E-state index contributed by atoms with van der Waals surface area (Å²) < 4.78 is 0. The van der Waals surface area contributed by atoms with Crippen molar-refractivity contribution >= 4 is 5.70 Å². The standard InChI is InChI=1S/C14H21N/c1-5-11-15(4)12(3)14-9-7-13(6-2)8-10-14/h7-10H,3,5-6,11H2,1-2,4H3. The minimum absolute atomic E-state index is 1.06. The maximum atomic E-state index is 4.12. The van der Waals surface area contributed by atoms with Crippen molar-refractivity contribution in [1.29, 1.82) is 0 Å². The van der Waals surface area contributed by atoms with E-state index in [2.05, 4.69) is 56.6 Å². The third-order valence-corrected chi connectivity index (χ3v) is 2.72. The molecular formula is C14H21N. The fraction of sp³-hybridized carbons (Fsp3) is 0.429. The van der Waals surface area contributed by atoms with E-state index in [1.807, 2.05) is 0 Å². The van der Waals surface area contributed by atoms with Gasteiger partial charge in [0.25, 0.3) is 0 Å². The molecule has 0 heterocycles. The Morgan fingerprint density at radius 2 is 1.80 bits per heavy atom. The van der Waals surface area contributed by atoms with Gasteiger partial charge in [0, 0.05) is 19.3 Å². The Kier molecular flexibility index (Phi) is 4.41. The second-order valence-electron chi connectivity index (χ2n) is 3.92. The van der Waals surface area contributed by atoms with Crippen LogP contribution in [-0.2, 0) is 6.42 Å². The minimum Gasteiger partial charge on any atom is -0.375 e. The molecule has 0 aliphatic carbocycles. The van der Waals surface area contributed by atoms with Gasteiger partial charge in [-0.05, 0) is 24.0 Å². The van der Waals surface area contributed by atoms with Crippen LogP contribution < -0.4 is 0 Å². The fourth-order valence-corrected chi connectivity index (χ4v) is 1.62. The average molecular weight is 203 g/mol. The molecule has 1 aromatic rings. The number of rotatable bonds is 5. The molecule has 15 heavy (non-hydrogen) atoms. The molecule has 0 fully saturated rings. The normalized spacial score (nSPS) is 10.1. The molecular weight excluding hydrogens is 182 g/mol. The summed E-state index contributed by atoms with van der Waals surface area (Å²) in [4.78, 5) is 2.21. The largest absolute Gasteiger partial charge is 0.375 e. The van der Waals surface area contributed by atoms with Crippen LogP contribution in [0, 0.1) is 0 Å². The van der Waals surface area contributed by atoms with Gasteiger partial charge in [0.05, 0.1) is 0 Å². The van der Waals surface area contributed by atoms with Crippen LogP contribution in [-0.4, -0.2) is 18.5 Å². The zero-order valence-electron chi connectivity index (χ0n) is 10.1. The molecule has 0 unspecified atom stereocenters. The van der Waals surface area contributed by atoms with Crippen LogP contribution >= 0.6 is 0 Å². The van der Waals surface area contributed by atoms with Crippen molar-refractivity contribution in [3.05, 3.63) is 42.0 Å². The highest BCUT2D eigenvalue weighted by atomic mass is 15.1. The lowest BCUT2D eigenvalue weighted by atomic mass is 10.1. The third kappa shape index (κ3) is 3.12. The van der Waals surface area contributed by atoms with Gasteiger partial charge < -0.3 is 4.90 Å². The van der Waals surface area contributed by atoms with Gasteiger partial charge in [-0.1, -0.05) is 44.7 Å². The first-order valence-corrected chi connectivity index (χ1v) is 5.68. The van der Waals surface area contributed by atoms with Gasteiger partial charge in [-0.15, -0.1) is 0 Å². The van der Waals surface area contributed by atoms with Crippen molar-refractivity contribution in [3.63, 3.8) is 0 Å². The van der Waals surface area contributed by atoms with Crippen molar-refractivity contribution in [2.75, 3.05) is 13.6 Å². The molecule has 1 heteroatoms. The monoisotopic (exact) mass is 203 g/mol. The predicted molar refractivity (Wildman–Crippen MR) is 67.8 cm³/mol. The Morgan fingerprint density at radius 1 is 1.20 bits per heavy atom. The first-order chi connectivity index (χ1) is 7.19. The van der Waals surface area contributed by atoms with Gasteiger partial charge in [0.2, 0.25) is 0 Å². The van der Waals surface area contributed by atoms with Crippen LogP contribution in [0.1, 0.15) is 31.4 Å². The van der Waals surface area contributed by atoms with Crippen molar-refractivity contribution < 1.29 is 0 Å². The lowest BCUT2D eigenvalue weighted by Crippen LogP contribution is -2.16. The Bertz CT molecular complexity index is 311. The van der Waals surface area contributed by atoms with Gasteiger partial charge in [-0.25, -0.2) is 0 Å². The molecule has 0 amide bonds. The Balaban J connectivity index is 2.73. The zero-order chi connectivity index (χ0) is 11.3. The van der Waals surface area contributed by atoms with Crippen LogP contribution in [0.5, 0.6) is 0 Å². The van der Waals surface area contributed by atoms with Crippen molar-refractivity contribution in [1.82, 2.24) is 4.90 Å². The predicted octanol–water partition coefficient (Wildman–Crippen LogP) is 3.56. The van der Waals surface area contributed by atoms with E-state index in [-0.39, 0.29) is 0 Å². The zero-order valence-corrected chi connectivity index (χ0v) is 10.1. The summed E-state index contributed by atoms with van der Waals surface area (Å²) in [5.74, 6) is 0. The quantitative estimate of drug-likeness (QED) is 0.707. The van der Waals surface area contributed by atoms with Gasteiger partial charge in [0.15, 0.2) is 0 Å². The fourth-order valence-electron chi connectivity index (χ4n) is 1.62. The SMILES string of the molecule is C=C(c1ccc(CC)cc1)N(C)CCC. The number of aryl methyl sites for hydroxylation is 1. The molecule has 1 aromatic carbocycles. The number of hydrogen-bond donors (Lipinski definition) is 0. The summed E-state index contributed by atoms with van der Waals surface area (Å²) in [5, 5.41) is 0. The van der Waals surface area contributed by atoms with Gasteiger partial charge in [-0.2, -0.15) is 0 Å². The number of hydrogen-bond acceptors (Lipinski definition) is 1. The highest BCUT2D eigenvalue weighted by Gasteiger charge is 2.03. The summed E-state index contributed by atoms with van der Waals surface area (Å²) in [7, 11) is 2.10. The smallest absolute Gasteiger partial charge is 0.0364 e. The molecule has 0 bridgehead atoms. The van der Waals surface area contributed by atoms with Crippen LogP contribution in [0.15, 0.2) is 30.8 Å². The molecule has 0 aliphatic rings. The highest BCUT2D eigenvalue weighted by molar-refractivity contribution is 5.61. The van der Waals surface area contributed by atoms with Gasteiger partial charge >= 0.3 is 0 Å². The molecule has 0 saturated heterocycles. The van der Waals surface area contributed by atoms with Crippen LogP contribution in [0.25, 0.3) is 5.70 Å². The van der Waals surface area contributed by atoms with E-state index in [4.69, 9.17) is 0 Å². The highest BCUT2D eigenvalue weighted by Crippen LogP contribution is 2.16. The molecule has 0 aliphatic heterocycles. The molecule has 1 rings (SSSR count). The van der Waals surface area contributed by atoms with E-state index in [1.54, 1.807) is 0 Å². The summed E-state index contributed by atoms with van der Waals surface area (Å²) in [5.41, 5.74) is 3.72. The van der Waals surface area contributed by atoms with E-state index in [1.165, 1.54) is 11.1 Å². The van der Waals surface area contributed by atoms with Crippen molar-refractivity contribution in [3.8, 4) is 0 Å². The maximum Gasteiger partial charge on any atom is 0.0364 e. The maximum absolute atomic E-state index is 4.12. The van der Waals surface area contributed by atoms with E-state index in [0.717, 1.165) is 25.1 Å². The Hall–Kier alpha value is -1.24. The number of benzene rings is 1. The lowest BCUT2D eigenvalue weighted by Gasteiger charge is -2.21. The van der Waals surface area contributed by atoms with Crippen LogP contribution in [0.4, 0.5) is 0 Å². The van der Waals surface area contributed by atoms with Crippen LogP contribution in [0.3, 0.4) is 0 Å². The molecule has 1 nitrogen and oxygen atoms in total. The molecule has 82 valence electrons. The Morgan fingerprint density at radius 3 is 2.27 bits per heavy atom.